The molecule has 0 spiro atoms. The monoisotopic (exact) mass is 305 g/mol. The number of hydrogen-bond acceptors (Lipinski definition) is 7. The van der Waals surface area contributed by atoms with Gasteiger partial charge < -0.3 is 25.2 Å². The van der Waals surface area contributed by atoms with Crippen LogP contribution in [-0.2, 0) is 4.74 Å². The summed E-state index contributed by atoms with van der Waals surface area (Å²) in [5, 5.41) is 29.8. The predicted molar refractivity (Wildman–Crippen MR) is 67.9 cm³/mol. The largest absolute Gasteiger partial charge is 0.433 e. The summed E-state index contributed by atoms with van der Waals surface area (Å²) in [5.74, 6) is -3.75. The van der Waals surface area contributed by atoms with Gasteiger partial charge in [0.2, 0.25) is 6.23 Å². The molecule has 1 aliphatic heterocycles. The van der Waals surface area contributed by atoms with E-state index in [0.29, 0.717) is 4.57 Å². The van der Waals surface area contributed by atoms with E-state index in [2.05, 4.69) is 10.2 Å². The molecule has 3 atom stereocenters. The molecule has 0 aliphatic carbocycles. The summed E-state index contributed by atoms with van der Waals surface area (Å²) in [6, 6.07) is 1.20. The molecule has 0 bridgehead atoms. The standard InChI is InChI=1S/C10H14BF2N3O5/c1-11(20)15-6-2-3-16(9(19)14-6)8-10(12,13)7(18)5(4-17)21-8/h2-3,5,7-8,17-18,20H,4H2,1H3,(H,14,15,19). The van der Waals surface area contributed by atoms with E-state index in [1.165, 1.54) is 12.9 Å². The Morgan fingerprint density at radius 3 is 2.76 bits per heavy atom. The number of aromatic nitrogens is 2. The molecule has 1 aliphatic rings. The first-order valence-corrected chi connectivity index (χ1v) is 6.13. The number of anilines is 1. The van der Waals surface area contributed by atoms with Gasteiger partial charge >= 0.3 is 18.7 Å². The molecule has 0 radical (unpaired) electrons. The van der Waals surface area contributed by atoms with Gasteiger partial charge in [-0.15, -0.1) is 0 Å². The fourth-order valence-electron chi connectivity index (χ4n) is 2.00. The number of aliphatic hydroxyl groups excluding tert-OH is 2. The van der Waals surface area contributed by atoms with Gasteiger partial charge in [0.25, 0.3) is 0 Å². The van der Waals surface area contributed by atoms with Crippen molar-refractivity contribution in [2.75, 3.05) is 11.8 Å². The summed E-state index contributed by atoms with van der Waals surface area (Å²) in [7, 11) is -0.975. The molecule has 2 rings (SSSR count). The summed E-state index contributed by atoms with van der Waals surface area (Å²) in [6.45, 7) is 0.584. The van der Waals surface area contributed by atoms with Crippen molar-refractivity contribution in [3.63, 3.8) is 0 Å². The Labute approximate surface area is 118 Å². The molecule has 116 valence electrons. The maximum Gasteiger partial charge on any atom is 0.408 e. The molecule has 1 saturated heterocycles. The van der Waals surface area contributed by atoms with E-state index >= 15 is 0 Å². The maximum atomic E-state index is 13.9. The van der Waals surface area contributed by atoms with E-state index < -0.39 is 43.7 Å². The van der Waals surface area contributed by atoms with Crippen LogP contribution in [0.4, 0.5) is 14.6 Å². The van der Waals surface area contributed by atoms with Gasteiger partial charge in [-0.3, -0.25) is 4.57 Å². The van der Waals surface area contributed by atoms with E-state index in [-0.39, 0.29) is 5.82 Å². The molecule has 8 nitrogen and oxygen atoms in total. The molecule has 2 heterocycles. The van der Waals surface area contributed by atoms with Gasteiger partial charge in [0.15, 0.2) is 6.10 Å². The summed E-state index contributed by atoms with van der Waals surface area (Å²) in [5.41, 5.74) is -1.05. The molecule has 1 aromatic rings. The zero-order chi connectivity index (χ0) is 15.8. The van der Waals surface area contributed by atoms with Crippen LogP contribution in [0.5, 0.6) is 0 Å². The molecule has 0 saturated carbocycles. The van der Waals surface area contributed by atoms with Crippen LogP contribution in [-0.4, -0.2) is 56.6 Å². The molecule has 21 heavy (non-hydrogen) atoms. The first kappa shape index (κ1) is 15.8. The first-order valence-electron chi connectivity index (χ1n) is 6.13. The normalized spacial score (nSPS) is 27.6. The lowest BCUT2D eigenvalue weighted by Gasteiger charge is -2.21. The van der Waals surface area contributed by atoms with Crippen LogP contribution in [0.1, 0.15) is 6.23 Å². The summed E-state index contributed by atoms with van der Waals surface area (Å²) >= 11 is 0. The fourth-order valence-corrected chi connectivity index (χ4v) is 2.00. The lowest BCUT2D eigenvalue weighted by molar-refractivity contribution is -0.140. The van der Waals surface area contributed by atoms with Crippen molar-refractivity contribution in [3.05, 3.63) is 22.7 Å². The van der Waals surface area contributed by atoms with E-state index in [9.17, 15) is 18.7 Å². The second-order valence-corrected chi connectivity index (χ2v) is 4.65. The Balaban J connectivity index is 2.32. The number of nitrogens with zero attached hydrogens (tertiary/aromatic N) is 2. The summed E-state index contributed by atoms with van der Waals surface area (Å²) < 4.78 is 33.1. The van der Waals surface area contributed by atoms with Gasteiger partial charge in [-0.1, -0.05) is 0 Å². The molecule has 3 unspecified atom stereocenters. The topological polar surface area (TPSA) is 117 Å². The van der Waals surface area contributed by atoms with Crippen molar-refractivity contribution in [2.24, 2.45) is 0 Å². The smallest absolute Gasteiger partial charge is 0.408 e. The van der Waals surface area contributed by atoms with Crippen molar-refractivity contribution < 1.29 is 28.8 Å². The Hall–Kier alpha value is -1.56. The van der Waals surface area contributed by atoms with Gasteiger partial charge in [0.05, 0.1) is 6.61 Å². The number of nitrogens with one attached hydrogen (secondary N) is 1. The zero-order valence-corrected chi connectivity index (χ0v) is 11.0. The minimum atomic E-state index is -3.75. The van der Waals surface area contributed by atoms with Gasteiger partial charge in [-0.2, -0.15) is 13.8 Å². The van der Waals surface area contributed by atoms with E-state index in [4.69, 9.17) is 14.9 Å². The highest BCUT2D eigenvalue weighted by molar-refractivity contribution is 6.52. The van der Waals surface area contributed by atoms with Crippen molar-refractivity contribution in [2.45, 2.75) is 31.2 Å². The highest BCUT2D eigenvalue weighted by Crippen LogP contribution is 2.41. The van der Waals surface area contributed by atoms with Crippen molar-refractivity contribution in [1.29, 1.82) is 0 Å². The number of halogens is 2. The molecule has 0 amide bonds. The van der Waals surface area contributed by atoms with Crippen LogP contribution in [0.3, 0.4) is 0 Å². The quantitative estimate of drug-likeness (QED) is 0.508. The highest BCUT2D eigenvalue weighted by Gasteiger charge is 2.59. The van der Waals surface area contributed by atoms with Gasteiger partial charge in [0.1, 0.15) is 11.9 Å². The molecule has 1 fully saturated rings. The maximum absolute atomic E-state index is 13.9. The third-order valence-corrected chi connectivity index (χ3v) is 3.00. The third kappa shape index (κ3) is 2.90. The number of hydrogen-bond donors (Lipinski definition) is 4. The minimum absolute atomic E-state index is 0.00631. The predicted octanol–water partition coefficient (Wildman–Crippen LogP) is -1.35. The summed E-state index contributed by atoms with van der Waals surface area (Å²) in [6.07, 6.45) is -4.78. The Bertz CT molecular complexity index is 570. The zero-order valence-electron chi connectivity index (χ0n) is 11.0. The van der Waals surface area contributed by atoms with E-state index in [0.717, 1.165) is 6.20 Å². The minimum Gasteiger partial charge on any atom is -0.433 e. The average molecular weight is 305 g/mol. The third-order valence-electron chi connectivity index (χ3n) is 3.00. The van der Waals surface area contributed by atoms with Crippen LogP contribution in [0.15, 0.2) is 17.1 Å². The highest BCUT2D eigenvalue weighted by atomic mass is 19.3. The van der Waals surface area contributed by atoms with Crippen LogP contribution in [0.2, 0.25) is 6.82 Å². The van der Waals surface area contributed by atoms with Crippen LogP contribution in [0.25, 0.3) is 0 Å². The Morgan fingerprint density at radius 2 is 2.29 bits per heavy atom. The van der Waals surface area contributed by atoms with E-state index in [1.54, 1.807) is 0 Å². The van der Waals surface area contributed by atoms with Crippen molar-refractivity contribution in [3.8, 4) is 0 Å². The molecular weight excluding hydrogens is 291 g/mol. The van der Waals surface area contributed by atoms with Crippen molar-refractivity contribution >= 4 is 12.9 Å². The van der Waals surface area contributed by atoms with Gasteiger partial charge in [-0.05, 0) is 12.9 Å². The van der Waals surface area contributed by atoms with Gasteiger partial charge in [-0.25, -0.2) is 4.79 Å². The number of aliphatic hydroxyl groups is 2. The Kier molecular flexibility index (Phi) is 4.28. The van der Waals surface area contributed by atoms with Crippen LogP contribution in [0, 0.1) is 0 Å². The fraction of sp³-hybridized carbons (Fsp3) is 0.600. The average Bonchev–Trinajstić information content (AvgIpc) is 2.61. The molecule has 1 aromatic heterocycles. The van der Waals surface area contributed by atoms with Crippen LogP contribution >= 0.6 is 0 Å². The van der Waals surface area contributed by atoms with Crippen LogP contribution < -0.4 is 10.9 Å². The summed E-state index contributed by atoms with van der Waals surface area (Å²) in [4.78, 5) is 15.2. The molecular formula is C10H14BF2N3O5. The lowest BCUT2D eigenvalue weighted by Crippen LogP contribution is -2.41. The number of ether oxygens (including phenoxy) is 1. The molecule has 11 heteroatoms. The molecule has 0 aromatic carbocycles. The number of alkyl halides is 2. The second kappa shape index (κ2) is 5.68. The van der Waals surface area contributed by atoms with E-state index in [1.807, 2.05) is 0 Å². The molecule has 4 N–H and O–H groups in total. The van der Waals surface area contributed by atoms with Gasteiger partial charge in [0, 0.05) is 6.20 Å². The Morgan fingerprint density at radius 1 is 1.62 bits per heavy atom. The first-order chi connectivity index (χ1) is 9.77. The lowest BCUT2D eigenvalue weighted by atomic mass is 9.89. The van der Waals surface area contributed by atoms with Crippen molar-refractivity contribution in [1.82, 2.24) is 9.55 Å². The number of rotatable bonds is 4. The SMILES string of the molecule is CB(O)Nc1ccn(C2OC(CO)C(O)C2(F)F)c(=O)n1. The second-order valence-electron chi connectivity index (χ2n) is 4.65.